The van der Waals surface area contributed by atoms with Crippen molar-refractivity contribution in [1.29, 1.82) is 0 Å². The average Bonchev–Trinajstić information content (AvgIpc) is 2.50. The van der Waals surface area contributed by atoms with Crippen LogP contribution in [0.1, 0.15) is 56.3 Å². The summed E-state index contributed by atoms with van der Waals surface area (Å²) in [7, 11) is 0. The number of para-hydroxylation sites is 1. The van der Waals surface area contributed by atoms with Gasteiger partial charge in [-0.15, -0.1) is 0 Å². The minimum atomic E-state index is 0.216. The van der Waals surface area contributed by atoms with Crippen LogP contribution in [0.2, 0.25) is 0 Å². The molecule has 0 radical (unpaired) electrons. The molecule has 1 aliphatic heterocycles. The highest BCUT2D eigenvalue weighted by Gasteiger charge is 2.21. The Labute approximate surface area is 121 Å². The molecule has 0 spiro atoms. The fraction of sp³-hybridized carbons (Fsp3) is 0.588. The third kappa shape index (κ3) is 3.53. The SMILES string of the molecule is CCCCC(CC)CC(=O)c1cccc2c1OCCN2. The summed E-state index contributed by atoms with van der Waals surface area (Å²) in [6.07, 6.45) is 5.25. The Bertz CT molecular complexity index is 456. The van der Waals surface area contributed by atoms with Gasteiger partial charge in [0.2, 0.25) is 0 Å². The van der Waals surface area contributed by atoms with Crippen LogP contribution in [0, 0.1) is 5.92 Å². The second-order valence-electron chi connectivity index (χ2n) is 5.50. The van der Waals surface area contributed by atoms with Crippen LogP contribution in [0.5, 0.6) is 5.75 Å². The van der Waals surface area contributed by atoms with Crippen LogP contribution in [0.25, 0.3) is 0 Å². The van der Waals surface area contributed by atoms with E-state index in [1.54, 1.807) is 0 Å². The van der Waals surface area contributed by atoms with Crippen LogP contribution in [-0.2, 0) is 0 Å². The molecule has 0 bridgehead atoms. The molecule has 1 unspecified atom stereocenters. The molecule has 20 heavy (non-hydrogen) atoms. The van der Waals surface area contributed by atoms with Crippen molar-refractivity contribution in [2.24, 2.45) is 5.92 Å². The zero-order valence-corrected chi connectivity index (χ0v) is 12.6. The minimum Gasteiger partial charge on any atom is -0.489 e. The van der Waals surface area contributed by atoms with E-state index in [0.29, 0.717) is 18.9 Å². The summed E-state index contributed by atoms with van der Waals surface area (Å²) >= 11 is 0. The number of unbranched alkanes of at least 4 members (excludes halogenated alkanes) is 1. The van der Waals surface area contributed by atoms with E-state index < -0.39 is 0 Å². The van der Waals surface area contributed by atoms with Gasteiger partial charge in [-0.3, -0.25) is 4.79 Å². The Morgan fingerprint density at radius 1 is 1.40 bits per heavy atom. The third-order valence-corrected chi connectivity index (χ3v) is 4.00. The van der Waals surface area contributed by atoms with Crippen LogP contribution in [0.4, 0.5) is 5.69 Å². The summed E-state index contributed by atoms with van der Waals surface area (Å²) in [5.41, 5.74) is 1.69. The zero-order chi connectivity index (χ0) is 14.4. The fourth-order valence-corrected chi connectivity index (χ4v) is 2.71. The van der Waals surface area contributed by atoms with Crippen LogP contribution in [-0.4, -0.2) is 18.9 Å². The lowest BCUT2D eigenvalue weighted by atomic mass is 9.91. The maximum absolute atomic E-state index is 12.5. The van der Waals surface area contributed by atoms with Gasteiger partial charge >= 0.3 is 0 Å². The average molecular weight is 275 g/mol. The van der Waals surface area contributed by atoms with Crippen LogP contribution < -0.4 is 10.1 Å². The number of ketones is 1. The number of anilines is 1. The van der Waals surface area contributed by atoms with Crippen molar-refractivity contribution in [2.45, 2.75) is 46.0 Å². The van der Waals surface area contributed by atoms with Gasteiger partial charge in [0.25, 0.3) is 0 Å². The quantitative estimate of drug-likeness (QED) is 0.755. The van der Waals surface area contributed by atoms with E-state index in [4.69, 9.17) is 4.74 Å². The predicted octanol–water partition coefficient (Wildman–Crippen LogP) is 4.28. The molecular weight excluding hydrogens is 250 g/mol. The van der Waals surface area contributed by atoms with E-state index in [1.807, 2.05) is 18.2 Å². The summed E-state index contributed by atoms with van der Waals surface area (Å²) in [6, 6.07) is 5.79. The van der Waals surface area contributed by atoms with Crippen LogP contribution in [0.15, 0.2) is 18.2 Å². The second kappa shape index (κ2) is 7.32. The van der Waals surface area contributed by atoms with Gasteiger partial charge in [-0.05, 0) is 18.1 Å². The molecule has 110 valence electrons. The van der Waals surface area contributed by atoms with Gasteiger partial charge in [0, 0.05) is 13.0 Å². The summed E-state index contributed by atoms with van der Waals surface area (Å²) in [4.78, 5) is 12.5. The van der Waals surface area contributed by atoms with E-state index in [0.717, 1.165) is 36.4 Å². The maximum Gasteiger partial charge on any atom is 0.166 e. The number of hydrogen-bond acceptors (Lipinski definition) is 3. The van der Waals surface area contributed by atoms with E-state index >= 15 is 0 Å². The Hall–Kier alpha value is -1.51. The summed E-state index contributed by atoms with van der Waals surface area (Å²) in [5.74, 6) is 1.46. The predicted molar refractivity (Wildman–Crippen MR) is 82.7 cm³/mol. The smallest absolute Gasteiger partial charge is 0.166 e. The van der Waals surface area contributed by atoms with Gasteiger partial charge in [0.1, 0.15) is 6.61 Å². The Balaban J connectivity index is 2.09. The third-order valence-electron chi connectivity index (χ3n) is 4.00. The number of ether oxygens (including phenoxy) is 1. The Morgan fingerprint density at radius 3 is 3.00 bits per heavy atom. The van der Waals surface area contributed by atoms with Crippen molar-refractivity contribution in [2.75, 3.05) is 18.5 Å². The highest BCUT2D eigenvalue weighted by atomic mass is 16.5. The molecule has 1 aliphatic rings. The first kappa shape index (κ1) is 14.9. The van der Waals surface area contributed by atoms with Gasteiger partial charge in [-0.25, -0.2) is 0 Å². The minimum absolute atomic E-state index is 0.216. The Kier molecular flexibility index (Phi) is 5.45. The molecule has 1 atom stereocenters. The normalized spacial score (nSPS) is 14.9. The number of carbonyl (C=O) groups is 1. The zero-order valence-electron chi connectivity index (χ0n) is 12.6. The highest BCUT2D eigenvalue weighted by Crippen LogP contribution is 2.33. The van der Waals surface area contributed by atoms with Gasteiger partial charge < -0.3 is 10.1 Å². The van der Waals surface area contributed by atoms with Crippen molar-refractivity contribution in [3.05, 3.63) is 23.8 Å². The van der Waals surface area contributed by atoms with Crippen molar-refractivity contribution in [1.82, 2.24) is 0 Å². The summed E-state index contributed by atoms with van der Waals surface area (Å²) in [5, 5.41) is 3.28. The molecule has 0 aromatic heterocycles. The highest BCUT2D eigenvalue weighted by molar-refractivity contribution is 6.00. The molecule has 2 rings (SSSR count). The van der Waals surface area contributed by atoms with Gasteiger partial charge in [-0.1, -0.05) is 45.6 Å². The van der Waals surface area contributed by atoms with E-state index in [-0.39, 0.29) is 5.78 Å². The molecule has 1 N–H and O–H groups in total. The summed E-state index contributed by atoms with van der Waals surface area (Å²) < 4.78 is 5.69. The van der Waals surface area contributed by atoms with E-state index in [2.05, 4.69) is 19.2 Å². The molecule has 1 aromatic rings. The van der Waals surface area contributed by atoms with Crippen molar-refractivity contribution in [3.8, 4) is 5.75 Å². The molecule has 0 aliphatic carbocycles. The summed E-state index contributed by atoms with van der Waals surface area (Å²) in [6.45, 7) is 5.80. The number of fused-ring (bicyclic) bond motifs is 1. The van der Waals surface area contributed by atoms with Crippen LogP contribution in [0.3, 0.4) is 0 Å². The first-order valence-electron chi connectivity index (χ1n) is 7.79. The number of carbonyl (C=O) groups excluding carboxylic acids is 1. The number of nitrogens with one attached hydrogen (secondary N) is 1. The van der Waals surface area contributed by atoms with Gasteiger partial charge in [0.05, 0.1) is 11.3 Å². The molecule has 1 aromatic carbocycles. The van der Waals surface area contributed by atoms with Gasteiger partial charge in [-0.2, -0.15) is 0 Å². The molecule has 1 heterocycles. The number of Topliss-reactive ketones (excluding diaryl/α,β-unsaturated/α-hetero) is 1. The maximum atomic E-state index is 12.5. The first-order chi connectivity index (χ1) is 9.76. The van der Waals surface area contributed by atoms with Crippen LogP contribution >= 0.6 is 0 Å². The molecule has 0 saturated heterocycles. The number of rotatable bonds is 7. The monoisotopic (exact) mass is 275 g/mol. The number of hydrogen-bond donors (Lipinski definition) is 1. The van der Waals surface area contributed by atoms with Crippen molar-refractivity contribution >= 4 is 11.5 Å². The second-order valence-corrected chi connectivity index (χ2v) is 5.50. The van der Waals surface area contributed by atoms with E-state index in [1.165, 1.54) is 12.8 Å². The molecule has 3 heteroatoms. The number of benzene rings is 1. The Morgan fingerprint density at radius 2 is 2.25 bits per heavy atom. The standard InChI is InChI=1S/C17H25NO2/c1-3-5-7-13(4-2)12-16(19)14-8-6-9-15-17(14)20-11-10-18-15/h6,8-9,13,18H,3-5,7,10-12H2,1-2H3. The lowest BCUT2D eigenvalue weighted by Crippen LogP contribution is -2.20. The van der Waals surface area contributed by atoms with E-state index in [9.17, 15) is 4.79 Å². The van der Waals surface area contributed by atoms with Crippen molar-refractivity contribution < 1.29 is 9.53 Å². The molecule has 0 saturated carbocycles. The molecule has 0 fully saturated rings. The van der Waals surface area contributed by atoms with Crippen molar-refractivity contribution in [3.63, 3.8) is 0 Å². The molecule has 0 amide bonds. The first-order valence-corrected chi connectivity index (χ1v) is 7.79. The van der Waals surface area contributed by atoms with Gasteiger partial charge in [0.15, 0.2) is 11.5 Å². The fourth-order valence-electron chi connectivity index (χ4n) is 2.71. The lowest BCUT2D eigenvalue weighted by Gasteiger charge is -2.22. The lowest BCUT2D eigenvalue weighted by molar-refractivity contribution is 0.0953. The molecular formula is C17H25NO2. The topological polar surface area (TPSA) is 38.3 Å². The molecule has 3 nitrogen and oxygen atoms in total. The largest absolute Gasteiger partial charge is 0.489 e.